The van der Waals surface area contributed by atoms with Crippen LogP contribution in [0.5, 0.6) is 11.5 Å². The summed E-state index contributed by atoms with van der Waals surface area (Å²) in [6.45, 7) is 2.26. The lowest BCUT2D eigenvalue weighted by Gasteiger charge is -2.08. The van der Waals surface area contributed by atoms with Crippen LogP contribution in [0.25, 0.3) is 6.08 Å². The van der Waals surface area contributed by atoms with Crippen molar-refractivity contribution in [2.24, 2.45) is 4.99 Å². The molecule has 140 valence electrons. The fourth-order valence-electron chi connectivity index (χ4n) is 2.26. The molecular formula is C18H13Cl2IN2O3S. The molecule has 1 heterocycles. The predicted molar refractivity (Wildman–Crippen MR) is 119 cm³/mol. The van der Waals surface area contributed by atoms with E-state index in [1.165, 1.54) is 11.8 Å². The zero-order chi connectivity index (χ0) is 19.6. The van der Waals surface area contributed by atoms with Crippen LogP contribution in [0.3, 0.4) is 0 Å². The number of carbonyl (C=O) groups is 1. The van der Waals surface area contributed by atoms with Gasteiger partial charge in [0.25, 0.3) is 5.91 Å². The number of amidine groups is 1. The molecule has 0 aromatic heterocycles. The lowest BCUT2D eigenvalue weighted by molar-refractivity contribution is -0.115. The summed E-state index contributed by atoms with van der Waals surface area (Å²) < 4.78 is 6.06. The maximum absolute atomic E-state index is 12.3. The molecule has 0 spiro atoms. The summed E-state index contributed by atoms with van der Waals surface area (Å²) in [5.41, 5.74) is 1.21. The first kappa shape index (κ1) is 20.3. The van der Waals surface area contributed by atoms with Crippen molar-refractivity contribution in [3.05, 3.63) is 54.4 Å². The number of phenols is 1. The third-order valence-corrected chi connectivity index (χ3v) is 5.72. The quantitative estimate of drug-likeness (QED) is 0.396. The third-order valence-electron chi connectivity index (χ3n) is 3.43. The van der Waals surface area contributed by atoms with Crippen LogP contribution >= 0.6 is 57.6 Å². The van der Waals surface area contributed by atoms with Gasteiger partial charge in [-0.15, -0.1) is 0 Å². The molecule has 0 unspecified atom stereocenters. The van der Waals surface area contributed by atoms with E-state index in [-0.39, 0.29) is 11.7 Å². The van der Waals surface area contributed by atoms with Crippen molar-refractivity contribution < 1.29 is 14.6 Å². The van der Waals surface area contributed by atoms with E-state index < -0.39 is 0 Å². The van der Waals surface area contributed by atoms with Crippen LogP contribution in [0, 0.1) is 3.57 Å². The highest BCUT2D eigenvalue weighted by atomic mass is 127. The number of thioether (sulfide) groups is 1. The Balaban J connectivity index is 1.90. The first-order chi connectivity index (χ1) is 12.9. The van der Waals surface area contributed by atoms with E-state index in [0.29, 0.717) is 41.7 Å². The fourth-order valence-corrected chi connectivity index (χ4v) is 4.04. The van der Waals surface area contributed by atoms with Crippen molar-refractivity contribution in [1.29, 1.82) is 0 Å². The van der Waals surface area contributed by atoms with Crippen LogP contribution in [0.2, 0.25) is 10.0 Å². The van der Waals surface area contributed by atoms with Crippen molar-refractivity contribution in [1.82, 2.24) is 5.32 Å². The van der Waals surface area contributed by atoms with Crippen molar-refractivity contribution in [2.75, 3.05) is 6.61 Å². The van der Waals surface area contributed by atoms with E-state index in [9.17, 15) is 9.90 Å². The molecular weight excluding hydrogens is 522 g/mol. The smallest absolute Gasteiger partial charge is 0.264 e. The molecule has 2 aromatic rings. The second kappa shape index (κ2) is 8.72. The minimum atomic E-state index is -0.266. The lowest BCUT2D eigenvalue weighted by atomic mass is 10.2. The number of phenolic OH excluding ortho intramolecular Hbond substituents is 1. The van der Waals surface area contributed by atoms with Crippen molar-refractivity contribution >= 4 is 80.4 Å². The van der Waals surface area contributed by atoms with Gasteiger partial charge in [0.1, 0.15) is 0 Å². The zero-order valence-electron chi connectivity index (χ0n) is 13.9. The number of halogens is 3. The highest BCUT2D eigenvalue weighted by Gasteiger charge is 2.24. The molecule has 1 saturated heterocycles. The first-order valence-corrected chi connectivity index (χ1v) is 10.4. The Kier molecular flexibility index (Phi) is 6.56. The number of benzene rings is 2. The average Bonchev–Trinajstić information content (AvgIpc) is 2.95. The van der Waals surface area contributed by atoms with E-state index in [1.807, 2.05) is 29.5 Å². The zero-order valence-corrected chi connectivity index (χ0v) is 18.4. The van der Waals surface area contributed by atoms with E-state index >= 15 is 0 Å². The summed E-state index contributed by atoms with van der Waals surface area (Å²) in [6, 6.07) is 8.39. The summed E-state index contributed by atoms with van der Waals surface area (Å²) in [5.74, 6) is 0.193. The van der Waals surface area contributed by atoms with Gasteiger partial charge in [-0.05, 0) is 83.2 Å². The topological polar surface area (TPSA) is 70.9 Å². The van der Waals surface area contributed by atoms with Gasteiger partial charge in [-0.25, -0.2) is 4.99 Å². The van der Waals surface area contributed by atoms with Crippen LogP contribution in [-0.2, 0) is 4.79 Å². The first-order valence-electron chi connectivity index (χ1n) is 7.77. The largest absolute Gasteiger partial charge is 0.504 e. The minimum Gasteiger partial charge on any atom is -0.504 e. The molecule has 0 aliphatic carbocycles. The Morgan fingerprint density at radius 3 is 2.85 bits per heavy atom. The van der Waals surface area contributed by atoms with Gasteiger partial charge >= 0.3 is 0 Å². The number of hydrogen-bond donors (Lipinski definition) is 2. The van der Waals surface area contributed by atoms with E-state index in [4.69, 9.17) is 27.9 Å². The predicted octanol–water partition coefficient (Wildman–Crippen LogP) is 5.59. The molecule has 2 aromatic carbocycles. The molecule has 2 N–H and O–H groups in total. The summed E-state index contributed by atoms with van der Waals surface area (Å²) in [7, 11) is 0. The molecule has 1 aliphatic rings. The standard InChI is InChI=1S/C18H13Cl2IN2O3S/c1-2-26-14-6-9(5-12(21)16(14)24)7-15-17(25)23-18(27-15)22-13-8-10(19)3-4-11(13)20/h3-8,24H,2H2,1H3,(H,22,23,25)/b15-7+. The maximum Gasteiger partial charge on any atom is 0.264 e. The number of carbonyl (C=O) groups excluding carboxylic acids is 1. The molecule has 1 aliphatic heterocycles. The number of nitrogens with zero attached hydrogens (tertiary/aromatic N) is 1. The second-order valence-electron chi connectivity index (χ2n) is 5.36. The Morgan fingerprint density at radius 1 is 1.33 bits per heavy atom. The van der Waals surface area contributed by atoms with Gasteiger partial charge in [0.15, 0.2) is 16.7 Å². The highest BCUT2D eigenvalue weighted by molar-refractivity contribution is 14.1. The Morgan fingerprint density at radius 2 is 2.11 bits per heavy atom. The Labute approximate surface area is 183 Å². The number of aliphatic imine (C=N–C) groups is 1. The molecule has 5 nitrogen and oxygen atoms in total. The second-order valence-corrected chi connectivity index (χ2v) is 8.40. The number of aromatic hydroxyl groups is 1. The summed E-state index contributed by atoms with van der Waals surface area (Å²) in [6.07, 6.45) is 1.71. The van der Waals surface area contributed by atoms with E-state index in [2.05, 4.69) is 10.3 Å². The van der Waals surface area contributed by atoms with Crippen LogP contribution in [-0.4, -0.2) is 22.8 Å². The van der Waals surface area contributed by atoms with Gasteiger partial charge < -0.3 is 15.2 Å². The number of nitrogens with one attached hydrogen (secondary N) is 1. The van der Waals surface area contributed by atoms with E-state index in [0.717, 1.165) is 5.56 Å². The normalized spacial score (nSPS) is 16.8. The van der Waals surface area contributed by atoms with Gasteiger partial charge in [0.05, 0.1) is 25.8 Å². The Hall–Kier alpha value is -1.42. The number of ether oxygens (including phenoxy) is 1. The molecule has 0 radical (unpaired) electrons. The molecule has 3 rings (SSSR count). The number of rotatable bonds is 4. The van der Waals surface area contributed by atoms with Gasteiger partial charge in [-0.3, -0.25) is 4.79 Å². The van der Waals surface area contributed by atoms with Crippen LogP contribution < -0.4 is 10.1 Å². The monoisotopic (exact) mass is 534 g/mol. The summed E-state index contributed by atoms with van der Waals surface area (Å²) in [4.78, 5) is 17.1. The van der Waals surface area contributed by atoms with Crippen LogP contribution in [0.4, 0.5) is 5.69 Å². The third kappa shape index (κ3) is 4.90. The van der Waals surface area contributed by atoms with Crippen molar-refractivity contribution in [2.45, 2.75) is 6.92 Å². The molecule has 1 amide bonds. The SMILES string of the molecule is CCOc1cc(/C=C2/SC(=Nc3cc(Cl)ccc3Cl)NC2=O)cc(I)c1O. The van der Waals surface area contributed by atoms with Gasteiger partial charge in [0.2, 0.25) is 0 Å². The van der Waals surface area contributed by atoms with Crippen molar-refractivity contribution in [3.63, 3.8) is 0 Å². The van der Waals surface area contributed by atoms with Gasteiger partial charge in [0, 0.05) is 5.02 Å². The van der Waals surface area contributed by atoms with Crippen LogP contribution in [0.15, 0.2) is 40.2 Å². The maximum atomic E-state index is 12.3. The number of amides is 1. The summed E-state index contributed by atoms with van der Waals surface area (Å²) >= 11 is 15.3. The molecule has 0 atom stereocenters. The minimum absolute atomic E-state index is 0.0842. The van der Waals surface area contributed by atoms with Crippen molar-refractivity contribution in [3.8, 4) is 11.5 Å². The van der Waals surface area contributed by atoms with E-state index in [1.54, 1.807) is 36.4 Å². The van der Waals surface area contributed by atoms with Gasteiger partial charge in [-0.2, -0.15) is 0 Å². The Bertz CT molecular complexity index is 979. The average molecular weight is 535 g/mol. The lowest BCUT2D eigenvalue weighted by Crippen LogP contribution is -2.19. The molecule has 1 fully saturated rings. The summed E-state index contributed by atoms with van der Waals surface area (Å²) in [5, 5.41) is 14.1. The fraction of sp³-hybridized carbons (Fsp3) is 0.111. The molecule has 0 bridgehead atoms. The molecule has 9 heteroatoms. The number of hydrogen-bond acceptors (Lipinski definition) is 5. The van der Waals surface area contributed by atoms with Gasteiger partial charge in [-0.1, -0.05) is 23.2 Å². The van der Waals surface area contributed by atoms with Crippen LogP contribution in [0.1, 0.15) is 12.5 Å². The molecule has 27 heavy (non-hydrogen) atoms. The molecule has 0 saturated carbocycles. The highest BCUT2D eigenvalue weighted by Crippen LogP contribution is 2.36.